The molecule has 0 unspecified atom stereocenters. The summed E-state index contributed by atoms with van der Waals surface area (Å²) in [6, 6.07) is 4.26. The van der Waals surface area contributed by atoms with E-state index in [1.54, 1.807) is 18.3 Å². The van der Waals surface area contributed by atoms with Crippen molar-refractivity contribution in [3.63, 3.8) is 0 Å². The fourth-order valence-corrected chi connectivity index (χ4v) is 3.76. The van der Waals surface area contributed by atoms with Gasteiger partial charge < -0.3 is 0 Å². The Labute approximate surface area is 116 Å². The van der Waals surface area contributed by atoms with Crippen LogP contribution in [0.4, 0.5) is 0 Å². The Morgan fingerprint density at radius 1 is 1.22 bits per heavy atom. The number of Topliss-reactive ketones (excluding diaryl/α,β-unsaturated/α-hetero) is 1. The lowest BCUT2D eigenvalue weighted by molar-refractivity contribution is 0.102. The fourth-order valence-electron chi connectivity index (χ4n) is 1.68. The Morgan fingerprint density at radius 2 is 1.89 bits per heavy atom. The first kappa shape index (κ1) is 13.4. The van der Waals surface area contributed by atoms with Crippen LogP contribution in [0.15, 0.2) is 12.1 Å². The number of thiazole rings is 1. The second-order valence-electron chi connectivity index (χ2n) is 5.40. The third-order valence-electron chi connectivity index (χ3n) is 2.67. The number of hydrogen-bond donors (Lipinski definition) is 0. The number of thiophene rings is 1. The van der Waals surface area contributed by atoms with Crippen LogP contribution >= 0.6 is 22.7 Å². The number of ketones is 1. The number of hydrogen-bond acceptors (Lipinski definition) is 4. The maximum Gasteiger partial charge on any atom is 0.171 e. The van der Waals surface area contributed by atoms with Crippen LogP contribution in [0.5, 0.6) is 0 Å². The van der Waals surface area contributed by atoms with Gasteiger partial charge in [0.2, 0.25) is 0 Å². The number of carbonyl (C=O) groups excluding carboxylic acids is 1. The molecule has 2 aromatic heterocycles. The zero-order valence-corrected chi connectivity index (χ0v) is 13.0. The van der Waals surface area contributed by atoms with E-state index in [1.807, 2.05) is 6.92 Å². The number of carbonyl (C=O) groups is 1. The lowest BCUT2D eigenvalue weighted by Crippen LogP contribution is -2.07. The van der Waals surface area contributed by atoms with Gasteiger partial charge in [0.15, 0.2) is 5.78 Å². The molecule has 0 aliphatic rings. The monoisotopic (exact) mass is 279 g/mol. The van der Waals surface area contributed by atoms with E-state index in [4.69, 9.17) is 0 Å². The quantitative estimate of drug-likeness (QED) is 0.747. The summed E-state index contributed by atoms with van der Waals surface area (Å²) in [5, 5.41) is 0.957. The van der Waals surface area contributed by atoms with Crippen molar-refractivity contribution >= 4 is 28.5 Å². The molecule has 0 aliphatic heterocycles. The molecule has 2 heterocycles. The first-order valence-electron chi connectivity index (χ1n) is 5.88. The van der Waals surface area contributed by atoms with Gasteiger partial charge in [-0.1, -0.05) is 20.8 Å². The average molecular weight is 279 g/mol. The molecule has 2 rings (SSSR count). The minimum Gasteiger partial charge on any atom is -0.294 e. The van der Waals surface area contributed by atoms with E-state index in [0.717, 1.165) is 20.5 Å². The number of aromatic nitrogens is 1. The molecule has 96 valence electrons. The Kier molecular flexibility index (Phi) is 3.43. The Hall–Kier alpha value is -1.00. The molecule has 0 saturated heterocycles. The molecule has 2 aromatic rings. The average Bonchev–Trinajstić information content (AvgIpc) is 2.81. The SMILES string of the molecule is CC(=O)c1sc(-c2ccc(C(C)(C)C)s2)nc1C. The molecule has 0 atom stereocenters. The summed E-state index contributed by atoms with van der Waals surface area (Å²) in [5.41, 5.74) is 1.01. The van der Waals surface area contributed by atoms with E-state index in [-0.39, 0.29) is 11.2 Å². The number of rotatable bonds is 2. The topological polar surface area (TPSA) is 30.0 Å². The normalized spacial score (nSPS) is 11.8. The van der Waals surface area contributed by atoms with Crippen LogP contribution < -0.4 is 0 Å². The molecular weight excluding hydrogens is 262 g/mol. The van der Waals surface area contributed by atoms with Gasteiger partial charge in [-0.05, 0) is 24.5 Å². The number of aryl methyl sites for hydroxylation is 1. The molecular formula is C14H17NOS2. The van der Waals surface area contributed by atoms with E-state index >= 15 is 0 Å². The molecule has 0 aromatic carbocycles. The predicted molar refractivity (Wildman–Crippen MR) is 78.9 cm³/mol. The van der Waals surface area contributed by atoms with Crippen molar-refractivity contribution in [1.29, 1.82) is 0 Å². The van der Waals surface area contributed by atoms with Crippen LogP contribution in [0.3, 0.4) is 0 Å². The summed E-state index contributed by atoms with van der Waals surface area (Å²) in [6.45, 7) is 10.1. The van der Waals surface area contributed by atoms with Crippen LogP contribution in [-0.4, -0.2) is 10.8 Å². The van der Waals surface area contributed by atoms with Crippen molar-refractivity contribution in [3.8, 4) is 9.88 Å². The van der Waals surface area contributed by atoms with Gasteiger partial charge >= 0.3 is 0 Å². The van der Waals surface area contributed by atoms with Gasteiger partial charge in [-0.15, -0.1) is 22.7 Å². The van der Waals surface area contributed by atoms with Gasteiger partial charge in [-0.3, -0.25) is 4.79 Å². The van der Waals surface area contributed by atoms with E-state index in [0.29, 0.717) is 0 Å². The van der Waals surface area contributed by atoms with Crippen molar-refractivity contribution in [2.24, 2.45) is 0 Å². The highest BCUT2D eigenvalue weighted by atomic mass is 32.1. The maximum absolute atomic E-state index is 11.4. The molecule has 4 heteroatoms. The lowest BCUT2D eigenvalue weighted by Gasteiger charge is -2.15. The highest BCUT2D eigenvalue weighted by Gasteiger charge is 2.19. The molecule has 0 N–H and O–H groups in total. The molecule has 0 saturated carbocycles. The van der Waals surface area contributed by atoms with Crippen molar-refractivity contribution in [3.05, 3.63) is 27.6 Å². The number of nitrogens with zero attached hydrogens (tertiary/aromatic N) is 1. The largest absolute Gasteiger partial charge is 0.294 e. The highest BCUT2D eigenvalue weighted by molar-refractivity contribution is 7.22. The van der Waals surface area contributed by atoms with Crippen LogP contribution in [0.25, 0.3) is 9.88 Å². The highest BCUT2D eigenvalue weighted by Crippen LogP contribution is 2.37. The standard InChI is InChI=1S/C14H17NOS2/c1-8-12(9(2)16)18-13(15-8)10-6-7-11(17-10)14(3,4)5/h6-7H,1-5H3. The summed E-state index contributed by atoms with van der Waals surface area (Å²) in [4.78, 5) is 19.2. The lowest BCUT2D eigenvalue weighted by atomic mass is 9.95. The summed E-state index contributed by atoms with van der Waals surface area (Å²) in [6.07, 6.45) is 0. The van der Waals surface area contributed by atoms with E-state index in [9.17, 15) is 4.79 Å². The smallest absolute Gasteiger partial charge is 0.171 e. The van der Waals surface area contributed by atoms with Crippen molar-refractivity contribution in [2.45, 2.75) is 40.0 Å². The van der Waals surface area contributed by atoms with Crippen molar-refractivity contribution in [1.82, 2.24) is 4.98 Å². The summed E-state index contributed by atoms with van der Waals surface area (Å²) < 4.78 is 0. The minimum absolute atomic E-state index is 0.101. The van der Waals surface area contributed by atoms with Gasteiger partial charge in [0, 0.05) is 11.8 Å². The summed E-state index contributed by atoms with van der Waals surface area (Å²) in [5.74, 6) is 0.101. The molecule has 0 bridgehead atoms. The van der Waals surface area contributed by atoms with Gasteiger partial charge in [0.05, 0.1) is 15.4 Å². The van der Waals surface area contributed by atoms with Crippen molar-refractivity contribution < 1.29 is 4.79 Å². The van der Waals surface area contributed by atoms with E-state index in [2.05, 4.69) is 37.9 Å². The summed E-state index contributed by atoms with van der Waals surface area (Å²) >= 11 is 3.26. The molecule has 0 spiro atoms. The van der Waals surface area contributed by atoms with E-state index in [1.165, 1.54) is 16.2 Å². The summed E-state index contributed by atoms with van der Waals surface area (Å²) in [7, 11) is 0. The molecule has 0 aliphatic carbocycles. The molecule has 0 fully saturated rings. The van der Waals surface area contributed by atoms with Gasteiger partial charge in [0.1, 0.15) is 5.01 Å². The zero-order chi connectivity index (χ0) is 13.5. The molecule has 0 radical (unpaired) electrons. The Bertz CT molecular complexity index is 587. The maximum atomic E-state index is 11.4. The van der Waals surface area contributed by atoms with Gasteiger partial charge in [0.25, 0.3) is 0 Å². The Balaban J connectivity index is 2.41. The van der Waals surface area contributed by atoms with Crippen LogP contribution in [0, 0.1) is 6.92 Å². The third kappa shape index (κ3) is 2.54. The van der Waals surface area contributed by atoms with E-state index < -0.39 is 0 Å². The molecule has 0 amide bonds. The molecule has 2 nitrogen and oxygen atoms in total. The van der Waals surface area contributed by atoms with Gasteiger partial charge in [-0.25, -0.2) is 4.98 Å². The first-order chi connectivity index (χ1) is 8.29. The first-order valence-corrected chi connectivity index (χ1v) is 7.51. The zero-order valence-electron chi connectivity index (χ0n) is 11.3. The second-order valence-corrected chi connectivity index (χ2v) is 7.49. The van der Waals surface area contributed by atoms with Crippen LogP contribution in [0.2, 0.25) is 0 Å². The van der Waals surface area contributed by atoms with Crippen molar-refractivity contribution in [2.75, 3.05) is 0 Å². The minimum atomic E-state index is 0.101. The third-order valence-corrected chi connectivity index (χ3v) is 5.61. The molecule has 18 heavy (non-hydrogen) atoms. The van der Waals surface area contributed by atoms with Gasteiger partial charge in [-0.2, -0.15) is 0 Å². The van der Waals surface area contributed by atoms with Crippen LogP contribution in [-0.2, 0) is 5.41 Å². The predicted octanol–water partition coefficient (Wildman–Crippen LogP) is 4.68. The van der Waals surface area contributed by atoms with Crippen LogP contribution in [0.1, 0.15) is 47.9 Å². The Morgan fingerprint density at radius 3 is 2.33 bits per heavy atom. The second kappa shape index (κ2) is 4.59. The fraction of sp³-hybridized carbons (Fsp3) is 0.429.